The Morgan fingerprint density at radius 3 is 2.34 bits per heavy atom. The number of nitrogens with zero attached hydrogens (tertiary/aromatic N) is 2. The maximum Gasteiger partial charge on any atom is 0.416 e. The van der Waals surface area contributed by atoms with Crippen LogP contribution in [0.3, 0.4) is 0 Å². The van der Waals surface area contributed by atoms with Gasteiger partial charge < -0.3 is 4.74 Å². The van der Waals surface area contributed by atoms with Gasteiger partial charge in [0.2, 0.25) is 0 Å². The van der Waals surface area contributed by atoms with E-state index in [0.717, 1.165) is 19.2 Å². The molecule has 150 valence electrons. The third kappa shape index (κ3) is 4.78. The Hall–Kier alpha value is -3.68. The maximum absolute atomic E-state index is 13.2. The Bertz CT molecular complexity index is 1050. The van der Waals surface area contributed by atoms with Gasteiger partial charge in [0.1, 0.15) is 12.6 Å². The van der Waals surface area contributed by atoms with Crippen molar-refractivity contribution in [3.8, 4) is 5.69 Å². The molecule has 3 rings (SSSR count). The highest BCUT2D eigenvalue weighted by molar-refractivity contribution is 6.19. The summed E-state index contributed by atoms with van der Waals surface area (Å²) in [6, 6.07) is 10.8. The lowest BCUT2D eigenvalue weighted by atomic mass is 10.0. The number of ether oxygens (including phenoxy) is 1. The van der Waals surface area contributed by atoms with Gasteiger partial charge in [-0.05, 0) is 30.3 Å². The van der Waals surface area contributed by atoms with Crippen LogP contribution in [0.2, 0.25) is 0 Å². The number of hydrogen-bond donors (Lipinski definition) is 0. The summed E-state index contributed by atoms with van der Waals surface area (Å²) in [7, 11) is 1.15. The number of aromatic nitrogens is 2. The largest absolute Gasteiger partial charge is 0.465 e. The average molecular weight is 402 g/mol. The minimum Gasteiger partial charge on any atom is -0.465 e. The molecule has 0 aliphatic rings. The lowest BCUT2D eigenvalue weighted by Gasteiger charge is -2.13. The molecular weight excluding hydrogens is 385 g/mol. The van der Waals surface area contributed by atoms with Crippen molar-refractivity contribution in [2.75, 3.05) is 7.11 Å². The van der Waals surface area contributed by atoms with E-state index >= 15 is 0 Å². The van der Waals surface area contributed by atoms with Crippen molar-refractivity contribution in [1.29, 1.82) is 0 Å². The van der Waals surface area contributed by atoms with Crippen LogP contribution in [-0.4, -0.2) is 28.9 Å². The van der Waals surface area contributed by atoms with E-state index in [9.17, 15) is 18.0 Å². The van der Waals surface area contributed by atoms with Crippen molar-refractivity contribution in [1.82, 2.24) is 9.55 Å². The van der Waals surface area contributed by atoms with Crippen LogP contribution in [0.5, 0.6) is 0 Å². The van der Waals surface area contributed by atoms with Crippen molar-refractivity contribution in [2.24, 2.45) is 0 Å². The summed E-state index contributed by atoms with van der Waals surface area (Å²) in [4.78, 5) is 25.0. The number of para-hydroxylation sites is 1. The number of benzene rings is 2. The molecular formula is C21H17F3N2O3. The van der Waals surface area contributed by atoms with Crippen molar-refractivity contribution in [3.05, 3.63) is 79.2 Å². The average Bonchev–Trinajstić information content (AvgIpc) is 3.16. The van der Waals surface area contributed by atoms with Gasteiger partial charge in [0.25, 0.3) is 0 Å². The molecule has 0 radical (unpaired) electrons. The Labute approximate surface area is 164 Å². The van der Waals surface area contributed by atoms with Crippen LogP contribution in [0.4, 0.5) is 13.2 Å². The predicted molar refractivity (Wildman–Crippen MR) is 103 cm³/mol. The summed E-state index contributed by atoms with van der Waals surface area (Å²) >= 11 is 0. The van der Waals surface area contributed by atoms with Gasteiger partial charge in [0.15, 0.2) is 0 Å². The van der Waals surface area contributed by atoms with Gasteiger partial charge in [0, 0.05) is 11.3 Å². The van der Waals surface area contributed by atoms with Crippen molar-refractivity contribution in [3.63, 3.8) is 0 Å². The molecule has 0 unspecified atom stereocenters. The van der Waals surface area contributed by atoms with Crippen LogP contribution in [0, 0.1) is 0 Å². The van der Waals surface area contributed by atoms with E-state index in [1.807, 2.05) is 6.07 Å². The molecule has 0 aliphatic heterocycles. The van der Waals surface area contributed by atoms with E-state index in [2.05, 4.69) is 22.9 Å². The number of allylic oxidation sites excluding steroid dienone is 1. The molecule has 0 fully saturated rings. The second kappa shape index (κ2) is 9.01. The Morgan fingerprint density at radius 2 is 1.83 bits per heavy atom. The molecule has 0 saturated carbocycles. The Morgan fingerprint density at radius 1 is 1.21 bits per heavy atom. The first-order valence-corrected chi connectivity index (χ1v) is 8.22. The summed E-state index contributed by atoms with van der Waals surface area (Å²) in [5, 5.41) is 0. The molecule has 5 nitrogen and oxygen atoms in total. The zero-order valence-electron chi connectivity index (χ0n) is 15.4. The molecule has 8 heteroatoms. The Kier molecular flexibility index (Phi) is 6.71. The highest BCUT2D eigenvalue weighted by atomic mass is 19.4. The number of esters is 1. The highest BCUT2D eigenvalue weighted by Gasteiger charge is 2.33. The fourth-order valence-corrected chi connectivity index (χ4v) is 2.56. The third-order valence-electron chi connectivity index (χ3n) is 3.86. The van der Waals surface area contributed by atoms with Gasteiger partial charge in [-0.2, -0.15) is 13.2 Å². The second-order valence-corrected chi connectivity index (χ2v) is 5.68. The monoisotopic (exact) mass is 402 g/mol. The SMILES string of the molecule is C=C(C(=O)OC)c1cc(C(F)(F)F)cc2ncn(-c3ccccc3)c12.C=CC=O. The van der Waals surface area contributed by atoms with E-state index in [0.29, 0.717) is 17.5 Å². The minimum atomic E-state index is -4.57. The van der Waals surface area contributed by atoms with Gasteiger partial charge in [-0.15, -0.1) is 0 Å². The number of alkyl halides is 3. The minimum absolute atomic E-state index is 0.0260. The number of carbonyl (C=O) groups excluding carboxylic acids is 2. The van der Waals surface area contributed by atoms with E-state index in [-0.39, 0.29) is 16.7 Å². The number of methoxy groups -OCH3 is 1. The van der Waals surface area contributed by atoms with Gasteiger partial charge in [0.05, 0.1) is 29.3 Å². The fourth-order valence-electron chi connectivity index (χ4n) is 2.56. The molecule has 0 atom stereocenters. The summed E-state index contributed by atoms with van der Waals surface area (Å²) in [6.07, 6.45) is -1.33. The van der Waals surface area contributed by atoms with E-state index in [1.165, 1.54) is 12.4 Å². The summed E-state index contributed by atoms with van der Waals surface area (Å²) in [5.41, 5.74) is 0.115. The maximum atomic E-state index is 13.2. The smallest absolute Gasteiger partial charge is 0.416 e. The number of fused-ring (bicyclic) bond motifs is 1. The molecule has 0 amide bonds. The first-order chi connectivity index (χ1) is 13.7. The number of halogens is 3. The Balaban J connectivity index is 0.000000687. The van der Waals surface area contributed by atoms with Crippen LogP contribution in [-0.2, 0) is 20.5 Å². The molecule has 29 heavy (non-hydrogen) atoms. The lowest BCUT2D eigenvalue weighted by molar-refractivity contribution is -0.137. The normalized spacial score (nSPS) is 10.6. The zero-order valence-corrected chi connectivity index (χ0v) is 15.4. The van der Waals surface area contributed by atoms with E-state index in [4.69, 9.17) is 4.79 Å². The lowest BCUT2D eigenvalue weighted by Crippen LogP contribution is -2.09. The molecule has 0 aliphatic carbocycles. The van der Waals surface area contributed by atoms with Crippen LogP contribution >= 0.6 is 0 Å². The molecule has 1 aromatic heterocycles. The summed E-state index contributed by atoms with van der Waals surface area (Å²) in [5.74, 6) is -0.804. The number of imidazole rings is 1. The van der Waals surface area contributed by atoms with E-state index in [1.54, 1.807) is 28.8 Å². The van der Waals surface area contributed by atoms with Crippen LogP contribution in [0.15, 0.2) is 68.0 Å². The molecule has 0 spiro atoms. The molecule has 1 heterocycles. The molecule has 2 aromatic carbocycles. The number of rotatable bonds is 4. The van der Waals surface area contributed by atoms with Crippen LogP contribution in [0.25, 0.3) is 22.3 Å². The van der Waals surface area contributed by atoms with E-state index < -0.39 is 17.7 Å². The predicted octanol–water partition coefficient (Wildman–Crippen LogP) is 4.60. The highest BCUT2D eigenvalue weighted by Crippen LogP contribution is 2.36. The first-order valence-electron chi connectivity index (χ1n) is 8.22. The zero-order chi connectivity index (χ0) is 21.6. The molecule has 0 saturated heterocycles. The topological polar surface area (TPSA) is 61.2 Å². The van der Waals surface area contributed by atoms with Crippen LogP contribution < -0.4 is 0 Å². The van der Waals surface area contributed by atoms with Crippen LogP contribution in [0.1, 0.15) is 11.1 Å². The standard InChI is InChI=1S/C18H13F3N2O2.C3H4O/c1-11(17(24)25-2)14-8-12(18(19,20)21)9-15-16(14)23(10-22-15)13-6-4-3-5-7-13;1-2-3-4/h3-10H,1H2,2H3;2-3H,1H2. The first kappa shape index (κ1) is 21.6. The van der Waals surface area contributed by atoms with Gasteiger partial charge in [-0.1, -0.05) is 31.4 Å². The fraction of sp³-hybridized carbons (Fsp3) is 0.0952. The second-order valence-electron chi connectivity index (χ2n) is 5.68. The van der Waals surface area contributed by atoms with Gasteiger partial charge in [-0.3, -0.25) is 9.36 Å². The van der Waals surface area contributed by atoms with Crippen molar-refractivity contribution < 1.29 is 27.5 Å². The molecule has 0 bridgehead atoms. The van der Waals surface area contributed by atoms with Crippen molar-refractivity contribution >= 4 is 28.9 Å². The molecule has 3 aromatic rings. The van der Waals surface area contributed by atoms with Gasteiger partial charge >= 0.3 is 12.1 Å². The van der Waals surface area contributed by atoms with Crippen molar-refractivity contribution in [2.45, 2.75) is 6.18 Å². The molecule has 0 N–H and O–H groups in total. The number of carbonyl (C=O) groups is 2. The number of aldehydes is 1. The summed E-state index contributed by atoms with van der Waals surface area (Å²) in [6.45, 7) is 6.71. The summed E-state index contributed by atoms with van der Waals surface area (Å²) < 4.78 is 45.8. The quantitative estimate of drug-likeness (QED) is 0.364. The van der Waals surface area contributed by atoms with Gasteiger partial charge in [-0.25, -0.2) is 9.78 Å². The number of hydrogen-bond acceptors (Lipinski definition) is 4. The third-order valence-corrected chi connectivity index (χ3v) is 3.86.